The minimum atomic E-state index is -3.01. The summed E-state index contributed by atoms with van der Waals surface area (Å²) < 4.78 is 25.0. The third kappa shape index (κ3) is 5.55. The standard InChI is InChI=1S/C16H21BrO3S/c17-15-9-7-14(8-10-15)16(18)6-3-11-21(19,20)12-13-4-1-2-5-13/h7-10,13H,1-6,11-12H2. The van der Waals surface area contributed by atoms with Gasteiger partial charge in [-0.25, -0.2) is 8.42 Å². The van der Waals surface area contributed by atoms with Gasteiger partial charge in [0, 0.05) is 16.5 Å². The first-order chi connectivity index (χ1) is 9.96. The van der Waals surface area contributed by atoms with E-state index in [4.69, 9.17) is 0 Å². The zero-order valence-electron chi connectivity index (χ0n) is 12.1. The van der Waals surface area contributed by atoms with Crippen LogP contribution in [0.25, 0.3) is 0 Å². The van der Waals surface area contributed by atoms with E-state index in [2.05, 4.69) is 15.9 Å². The van der Waals surface area contributed by atoms with E-state index in [1.807, 2.05) is 12.1 Å². The molecule has 1 saturated carbocycles. The highest BCUT2D eigenvalue weighted by atomic mass is 79.9. The fraction of sp³-hybridized carbons (Fsp3) is 0.562. The van der Waals surface area contributed by atoms with Crippen molar-refractivity contribution in [3.63, 3.8) is 0 Å². The van der Waals surface area contributed by atoms with Gasteiger partial charge in [0.05, 0.1) is 11.5 Å². The second kappa shape index (κ2) is 7.54. The molecule has 0 spiro atoms. The summed E-state index contributed by atoms with van der Waals surface area (Å²) >= 11 is 3.32. The van der Waals surface area contributed by atoms with Crippen LogP contribution in [0.1, 0.15) is 48.9 Å². The van der Waals surface area contributed by atoms with Crippen molar-refractivity contribution < 1.29 is 13.2 Å². The Kier molecular flexibility index (Phi) is 5.99. The van der Waals surface area contributed by atoms with Gasteiger partial charge >= 0.3 is 0 Å². The summed E-state index contributed by atoms with van der Waals surface area (Å²) in [5.41, 5.74) is 0.645. The van der Waals surface area contributed by atoms with Crippen LogP contribution in [0.2, 0.25) is 0 Å². The summed E-state index contributed by atoms with van der Waals surface area (Å²) in [7, 11) is -3.01. The maximum atomic E-state index is 12.0. The Bertz CT molecular complexity index is 572. The van der Waals surface area contributed by atoms with Gasteiger partial charge in [0.15, 0.2) is 15.6 Å². The smallest absolute Gasteiger partial charge is 0.162 e. The zero-order valence-corrected chi connectivity index (χ0v) is 14.5. The van der Waals surface area contributed by atoms with Crippen molar-refractivity contribution in [2.24, 2.45) is 5.92 Å². The molecule has 0 saturated heterocycles. The molecule has 0 unspecified atom stereocenters. The van der Waals surface area contributed by atoms with E-state index < -0.39 is 9.84 Å². The molecule has 1 aliphatic rings. The molecule has 3 nitrogen and oxygen atoms in total. The number of Topliss-reactive ketones (excluding diaryl/α,β-unsaturated/α-hetero) is 1. The van der Waals surface area contributed by atoms with Gasteiger partial charge in [-0.05, 0) is 37.3 Å². The molecule has 0 amide bonds. The van der Waals surface area contributed by atoms with Crippen molar-refractivity contribution in [1.29, 1.82) is 0 Å². The fourth-order valence-corrected chi connectivity index (χ4v) is 4.92. The van der Waals surface area contributed by atoms with Gasteiger partial charge in [-0.15, -0.1) is 0 Å². The first-order valence-electron chi connectivity index (χ1n) is 7.45. The molecule has 0 radical (unpaired) electrons. The molecule has 21 heavy (non-hydrogen) atoms. The van der Waals surface area contributed by atoms with Crippen LogP contribution in [0.5, 0.6) is 0 Å². The van der Waals surface area contributed by atoms with Crippen LogP contribution in [0.15, 0.2) is 28.7 Å². The van der Waals surface area contributed by atoms with Gasteiger partial charge in [-0.3, -0.25) is 4.79 Å². The summed E-state index contributed by atoms with van der Waals surface area (Å²) in [6, 6.07) is 7.17. The summed E-state index contributed by atoms with van der Waals surface area (Å²) in [5, 5.41) is 0. The number of hydrogen-bond donors (Lipinski definition) is 0. The molecule has 2 rings (SSSR count). The lowest BCUT2D eigenvalue weighted by atomic mass is 10.1. The molecule has 1 aromatic carbocycles. The minimum Gasteiger partial charge on any atom is -0.294 e. The number of carbonyl (C=O) groups excluding carboxylic acids is 1. The summed E-state index contributed by atoms with van der Waals surface area (Å²) in [4.78, 5) is 12.0. The van der Waals surface area contributed by atoms with Crippen molar-refractivity contribution in [2.45, 2.75) is 38.5 Å². The van der Waals surface area contributed by atoms with Crippen molar-refractivity contribution in [2.75, 3.05) is 11.5 Å². The molecule has 0 N–H and O–H groups in total. The summed E-state index contributed by atoms with van der Waals surface area (Å²) in [6.07, 6.45) is 5.11. The highest BCUT2D eigenvalue weighted by Crippen LogP contribution is 2.26. The topological polar surface area (TPSA) is 51.2 Å². The predicted octanol–water partition coefficient (Wildman–Crippen LogP) is 4.02. The number of carbonyl (C=O) groups is 1. The number of ketones is 1. The second-order valence-corrected chi connectivity index (χ2v) is 8.94. The fourth-order valence-electron chi connectivity index (χ4n) is 2.85. The lowest BCUT2D eigenvalue weighted by molar-refractivity contribution is 0.0982. The van der Waals surface area contributed by atoms with Gasteiger partial charge in [0.1, 0.15) is 0 Å². The van der Waals surface area contributed by atoms with E-state index in [-0.39, 0.29) is 11.5 Å². The van der Waals surface area contributed by atoms with Gasteiger partial charge < -0.3 is 0 Å². The molecular weight excluding hydrogens is 352 g/mol. The third-order valence-electron chi connectivity index (χ3n) is 3.99. The predicted molar refractivity (Wildman–Crippen MR) is 88.3 cm³/mol. The van der Waals surface area contributed by atoms with E-state index in [0.29, 0.717) is 30.1 Å². The van der Waals surface area contributed by atoms with Gasteiger partial charge in [-0.2, -0.15) is 0 Å². The van der Waals surface area contributed by atoms with Crippen LogP contribution in [0.4, 0.5) is 0 Å². The Hall–Kier alpha value is -0.680. The molecule has 0 atom stereocenters. The first kappa shape index (κ1) is 16.7. The average Bonchev–Trinajstić information content (AvgIpc) is 2.91. The number of halogens is 1. The molecule has 0 aromatic heterocycles. The van der Waals surface area contributed by atoms with Crippen molar-refractivity contribution in [1.82, 2.24) is 0 Å². The normalized spacial score (nSPS) is 16.2. The van der Waals surface area contributed by atoms with Crippen molar-refractivity contribution in [3.05, 3.63) is 34.3 Å². The lowest BCUT2D eigenvalue weighted by Crippen LogP contribution is -2.17. The SMILES string of the molecule is O=C(CCCS(=O)(=O)CC1CCCC1)c1ccc(Br)cc1. The number of rotatable bonds is 7. The largest absolute Gasteiger partial charge is 0.294 e. The Balaban J connectivity index is 1.77. The van der Waals surface area contributed by atoms with Crippen LogP contribution < -0.4 is 0 Å². The van der Waals surface area contributed by atoms with Crippen LogP contribution in [-0.2, 0) is 9.84 Å². The summed E-state index contributed by atoms with van der Waals surface area (Å²) in [5.74, 6) is 0.793. The maximum absolute atomic E-state index is 12.0. The Morgan fingerprint density at radius 1 is 1.14 bits per heavy atom. The highest BCUT2D eigenvalue weighted by molar-refractivity contribution is 9.10. The number of benzene rings is 1. The van der Waals surface area contributed by atoms with Gasteiger partial charge in [0.25, 0.3) is 0 Å². The quantitative estimate of drug-likeness (QED) is 0.679. The van der Waals surface area contributed by atoms with Crippen LogP contribution in [-0.4, -0.2) is 25.7 Å². The Morgan fingerprint density at radius 2 is 1.76 bits per heavy atom. The van der Waals surface area contributed by atoms with Crippen LogP contribution in [0.3, 0.4) is 0 Å². The molecule has 116 valence electrons. The lowest BCUT2D eigenvalue weighted by Gasteiger charge is -2.09. The molecule has 0 bridgehead atoms. The molecule has 5 heteroatoms. The second-order valence-electron chi connectivity index (χ2n) is 5.80. The Labute approximate surface area is 135 Å². The first-order valence-corrected chi connectivity index (χ1v) is 10.1. The van der Waals surface area contributed by atoms with Gasteiger partial charge in [0.2, 0.25) is 0 Å². The number of sulfone groups is 1. The van der Waals surface area contributed by atoms with E-state index in [9.17, 15) is 13.2 Å². The summed E-state index contributed by atoms with van der Waals surface area (Å²) in [6.45, 7) is 0. The highest BCUT2D eigenvalue weighted by Gasteiger charge is 2.22. The molecule has 1 aliphatic carbocycles. The molecule has 1 aromatic rings. The molecular formula is C16H21BrO3S. The van der Waals surface area contributed by atoms with Crippen molar-refractivity contribution >= 4 is 31.6 Å². The molecule has 0 heterocycles. The average molecular weight is 373 g/mol. The zero-order chi connectivity index (χ0) is 15.3. The molecule has 0 aliphatic heterocycles. The van der Waals surface area contributed by atoms with E-state index >= 15 is 0 Å². The molecule has 1 fully saturated rings. The van der Waals surface area contributed by atoms with Crippen molar-refractivity contribution in [3.8, 4) is 0 Å². The maximum Gasteiger partial charge on any atom is 0.162 e. The van der Waals surface area contributed by atoms with E-state index in [1.54, 1.807) is 12.1 Å². The van der Waals surface area contributed by atoms with E-state index in [1.165, 1.54) is 0 Å². The third-order valence-corrected chi connectivity index (χ3v) is 6.41. The Morgan fingerprint density at radius 3 is 2.38 bits per heavy atom. The number of hydrogen-bond acceptors (Lipinski definition) is 3. The van der Waals surface area contributed by atoms with E-state index in [0.717, 1.165) is 30.2 Å². The van der Waals surface area contributed by atoms with Crippen LogP contribution >= 0.6 is 15.9 Å². The van der Waals surface area contributed by atoms with Gasteiger partial charge in [-0.1, -0.05) is 40.9 Å². The minimum absolute atomic E-state index is 0.0126. The van der Waals surface area contributed by atoms with Crippen LogP contribution in [0, 0.1) is 5.92 Å². The monoisotopic (exact) mass is 372 g/mol.